The highest BCUT2D eigenvalue weighted by Crippen LogP contribution is 2.46. The summed E-state index contributed by atoms with van der Waals surface area (Å²) >= 11 is 0. The standard InChI is InChI=1S/C18H12N2O2/c21-17-11-5-1-2-8-14(11)22-18-16(17)15(12-6-3-9-19-12)13-7-4-10-20(13)18/h1-10,18-19H. The maximum absolute atomic E-state index is 13.0. The summed E-state index contributed by atoms with van der Waals surface area (Å²) in [5.41, 5.74) is 4.21. The molecule has 5 rings (SSSR count). The van der Waals surface area contributed by atoms with Crippen LogP contribution in [0.3, 0.4) is 0 Å². The van der Waals surface area contributed by atoms with Crippen molar-refractivity contribution in [3.8, 4) is 5.75 Å². The maximum atomic E-state index is 13.0. The lowest BCUT2D eigenvalue weighted by molar-refractivity contribution is 0.0912. The Kier molecular flexibility index (Phi) is 2.12. The van der Waals surface area contributed by atoms with Crippen LogP contribution in [0, 0.1) is 0 Å². The number of nitrogens with zero attached hydrogens (tertiary/aromatic N) is 1. The first-order chi connectivity index (χ1) is 10.8. The molecule has 0 amide bonds. The molecule has 0 saturated carbocycles. The Labute approximate surface area is 126 Å². The minimum Gasteiger partial charge on any atom is -0.465 e. The van der Waals surface area contributed by atoms with Gasteiger partial charge in [0.2, 0.25) is 6.23 Å². The fourth-order valence-electron chi connectivity index (χ4n) is 3.34. The number of carbonyl (C=O) groups excluding carboxylic acids is 1. The Morgan fingerprint density at radius 1 is 1.05 bits per heavy atom. The fourth-order valence-corrected chi connectivity index (χ4v) is 3.34. The second-order valence-corrected chi connectivity index (χ2v) is 5.47. The van der Waals surface area contributed by atoms with Crippen molar-refractivity contribution in [2.45, 2.75) is 6.23 Å². The van der Waals surface area contributed by atoms with E-state index < -0.39 is 0 Å². The number of aromatic amines is 1. The van der Waals surface area contributed by atoms with Crippen LogP contribution in [0.4, 0.5) is 0 Å². The monoisotopic (exact) mass is 288 g/mol. The molecule has 106 valence electrons. The number of fused-ring (bicyclic) bond motifs is 4. The molecule has 4 heteroatoms. The van der Waals surface area contributed by atoms with Crippen LogP contribution < -0.4 is 4.74 Å². The first-order valence-corrected chi connectivity index (χ1v) is 7.20. The van der Waals surface area contributed by atoms with Gasteiger partial charge in [-0.15, -0.1) is 0 Å². The number of Topliss-reactive ketones (excluding diaryl/α,β-unsaturated/α-hetero) is 1. The van der Waals surface area contributed by atoms with Crippen LogP contribution in [0.1, 0.15) is 28.0 Å². The normalized spacial score (nSPS) is 18.7. The van der Waals surface area contributed by atoms with Crippen molar-refractivity contribution in [3.63, 3.8) is 0 Å². The van der Waals surface area contributed by atoms with E-state index in [0.717, 1.165) is 17.0 Å². The highest BCUT2D eigenvalue weighted by Gasteiger charge is 2.41. The second-order valence-electron chi connectivity index (χ2n) is 5.47. The van der Waals surface area contributed by atoms with Gasteiger partial charge in [-0.05, 0) is 36.4 Å². The van der Waals surface area contributed by atoms with Crippen molar-refractivity contribution in [2.75, 3.05) is 0 Å². The zero-order valence-corrected chi connectivity index (χ0v) is 11.6. The lowest BCUT2D eigenvalue weighted by atomic mass is 9.93. The van der Waals surface area contributed by atoms with Gasteiger partial charge in [0.25, 0.3) is 0 Å². The molecule has 2 aromatic heterocycles. The van der Waals surface area contributed by atoms with E-state index >= 15 is 0 Å². The molecule has 4 nitrogen and oxygen atoms in total. The van der Waals surface area contributed by atoms with Gasteiger partial charge in [0, 0.05) is 23.7 Å². The van der Waals surface area contributed by atoms with Gasteiger partial charge in [0.15, 0.2) is 5.78 Å². The van der Waals surface area contributed by atoms with E-state index in [9.17, 15) is 4.79 Å². The van der Waals surface area contributed by atoms with Gasteiger partial charge < -0.3 is 14.3 Å². The molecule has 0 bridgehead atoms. The molecule has 2 aliphatic rings. The number of hydrogen-bond donors (Lipinski definition) is 1. The van der Waals surface area contributed by atoms with Gasteiger partial charge in [0.1, 0.15) is 5.75 Å². The van der Waals surface area contributed by atoms with Crippen LogP contribution in [0.25, 0.3) is 5.57 Å². The van der Waals surface area contributed by atoms with Crippen LogP contribution in [0.5, 0.6) is 5.75 Å². The van der Waals surface area contributed by atoms with Crippen molar-refractivity contribution < 1.29 is 9.53 Å². The van der Waals surface area contributed by atoms with Crippen molar-refractivity contribution in [1.29, 1.82) is 0 Å². The van der Waals surface area contributed by atoms with Gasteiger partial charge in [-0.2, -0.15) is 0 Å². The number of ketones is 1. The molecule has 0 fully saturated rings. The van der Waals surface area contributed by atoms with Gasteiger partial charge in [0.05, 0.1) is 16.8 Å². The van der Waals surface area contributed by atoms with Crippen LogP contribution in [0.2, 0.25) is 0 Å². The number of rotatable bonds is 1. The summed E-state index contributed by atoms with van der Waals surface area (Å²) in [6, 6.07) is 15.3. The largest absolute Gasteiger partial charge is 0.465 e. The molecule has 3 aromatic rings. The summed E-state index contributed by atoms with van der Waals surface area (Å²) in [7, 11) is 0. The number of ether oxygens (including phenoxy) is 1. The average Bonchev–Trinajstić information content (AvgIpc) is 3.24. The smallest absolute Gasteiger partial charge is 0.207 e. The summed E-state index contributed by atoms with van der Waals surface area (Å²) < 4.78 is 8.12. The molecule has 1 aromatic carbocycles. The SMILES string of the molecule is O=C1C2=C(c3ccc[nH]3)c3cccn3C2Oc2ccccc21. The Morgan fingerprint density at radius 2 is 1.95 bits per heavy atom. The Bertz CT molecular complexity index is 932. The summed E-state index contributed by atoms with van der Waals surface area (Å²) in [5.74, 6) is 0.689. The van der Waals surface area contributed by atoms with Gasteiger partial charge in [-0.25, -0.2) is 0 Å². The van der Waals surface area contributed by atoms with E-state index in [2.05, 4.69) is 4.98 Å². The summed E-state index contributed by atoms with van der Waals surface area (Å²) in [6.45, 7) is 0. The third kappa shape index (κ3) is 1.34. The van der Waals surface area contributed by atoms with E-state index in [0.29, 0.717) is 16.9 Å². The first kappa shape index (κ1) is 11.6. The molecular formula is C18H12N2O2. The van der Waals surface area contributed by atoms with Crippen LogP contribution >= 0.6 is 0 Å². The number of nitrogens with one attached hydrogen (secondary N) is 1. The minimum atomic E-state index is -0.384. The minimum absolute atomic E-state index is 0.0418. The topological polar surface area (TPSA) is 47.0 Å². The fraction of sp³-hybridized carbons (Fsp3) is 0.0556. The molecule has 0 saturated heterocycles. The van der Waals surface area contributed by atoms with Crippen LogP contribution in [0.15, 0.2) is 66.5 Å². The Morgan fingerprint density at radius 3 is 2.82 bits per heavy atom. The van der Waals surface area contributed by atoms with Crippen molar-refractivity contribution in [2.24, 2.45) is 0 Å². The molecule has 22 heavy (non-hydrogen) atoms. The maximum Gasteiger partial charge on any atom is 0.207 e. The molecule has 0 spiro atoms. The molecule has 1 atom stereocenters. The molecule has 0 aliphatic carbocycles. The Hall–Kier alpha value is -3.01. The number of aromatic nitrogens is 2. The van der Waals surface area contributed by atoms with Gasteiger partial charge >= 0.3 is 0 Å². The number of benzene rings is 1. The number of carbonyl (C=O) groups is 1. The van der Waals surface area contributed by atoms with Gasteiger partial charge in [-0.3, -0.25) is 4.79 Å². The first-order valence-electron chi connectivity index (χ1n) is 7.20. The third-order valence-corrected chi connectivity index (χ3v) is 4.29. The number of H-pyrrole nitrogens is 1. The molecule has 1 N–H and O–H groups in total. The lowest BCUT2D eigenvalue weighted by Crippen LogP contribution is -2.25. The zero-order chi connectivity index (χ0) is 14.7. The van der Waals surface area contributed by atoms with Crippen LogP contribution in [-0.4, -0.2) is 15.3 Å². The second kappa shape index (κ2) is 4.01. The average molecular weight is 288 g/mol. The van der Waals surface area contributed by atoms with E-state index in [-0.39, 0.29) is 12.0 Å². The van der Waals surface area contributed by atoms with Crippen molar-refractivity contribution in [3.05, 3.63) is 83.4 Å². The van der Waals surface area contributed by atoms with E-state index in [1.807, 2.05) is 65.5 Å². The lowest BCUT2D eigenvalue weighted by Gasteiger charge is -2.25. The summed E-state index contributed by atoms with van der Waals surface area (Å²) in [5, 5.41) is 0. The zero-order valence-electron chi connectivity index (χ0n) is 11.6. The molecule has 0 radical (unpaired) electrons. The Balaban J connectivity index is 1.82. The quantitative estimate of drug-likeness (QED) is 0.746. The van der Waals surface area contributed by atoms with Crippen molar-refractivity contribution >= 4 is 11.4 Å². The highest BCUT2D eigenvalue weighted by molar-refractivity contribution is 6.18. The predicted octanol–water partition coefficient (Wildman–Crippen LogP) is 3.41. The van der Waals surface area contributed by atoms with E-state index in [4.69, 9.17) is 4.74 Å². The molecule has 2 aliphatic heterocycles. The predicted molar refractivity (Wildman–Crippen MR) is 81.7 cm³/mol. The summed E-state index contributed by atoms with van der Waals surface area (Å²) in [4.78, 5) is 16.2. The van der Waals surface area contributed by atoms with Crippen LogP contribution in [-0.2, 0) is 0 Å². The summed E-state index contributed by atoms with van der Waals surface area (Å²) in [6.07, 6.45) is 3.44. The van der Waals surface area contributed by atoms with Gasteiger partial charge in [-0.1, -0.05) is 12.1 Å². The molecule has 4 heterocycles. The number of para-hydroxylation sites is 1. The van der Waals surface area contributed by atoms with E-state index in [1.165, 1.54) is 0 Å². The molecule has 1 unspecified atom stereocenters. The highest BCUT2D eigenvalue weighted by atomic mass is 16.5. The van der Waals surface area contributed by atoms with E-state index in [1.54, 1.807) is 0 Å². The number of hydrogen-bond acceptors (Lipinski definition) is 2. The third-order valence-electron chi connectivity index (χ3n) is 4.29. The molecular weight excluding hydrogens is 276 g/mol. The van der Waals surface area contributed by atoms with Crippen molar-refractivity contribution in [1.82, 2.24) is 9.55 Å².